The highest BCUT2D eigenvalue weighted by Crippen LogP contribution is 2.35. The topological polar surface area (TPSA) is 63.6 Å². The molecule has 2 aromatic carbocycles. The van der Waals surface area contributed by atoms with Gasteiger partial charge < -0.3 is 9.84 Å². The zero-order chi connectivity index (χ0) is 17.7. The van der Waals surface area contributed by atoms with Gasteiger partial charge in [0.15, 0.2) is 0 Å². The van der Waals surface area contributed by atoms with Crippen molar-refractivity contribution < 1.29 is 19.4 Å². The number of hydrogen-bond acceptors (Lipinski definition) is 5. The number of thioether (sulfide) groups is 1. The molecule has 0 aliphatic rings. The smallest absolute Gasteiger partial charge is 0.338 e. The predicted molar refractivity (Wildman–Crippen MR) is 95.5 cm³/mol. The van der Waals surface area contributed by atoms with Crippen LogP contribution in [0.2, 0.25) is 10.0 Å². The predicted octanol–water partition coefficient (Wildman–Crippen LogP) is 4.27. The third-order valence-electron chi connectivity index (χ3n) is 3.26. The summed E-state index contributed by atoms with van der Waals surface area (Å²) in [6, 6.07) is 12.1. The molecule has 2 aromatic rings. The standard InChI is InChI=1S/C17H14Cl2O4S/c1-23-16(21)11-7-8-12(18)14(19)13(11)15(20)17(22)24-9-10-5-3-2-4-6-10/h2-8,15,20H,9H2,1H3/t15-/m0/s1. The molecule has 0 aromatic heterocycles. The van der Waals surface area contributed by atoms with E-state index in [0.717, 1.165) is 17.3 Å². The van der Waals surface area contributed by atoms with Gasteiger partial charge in [0.25, 0.3) is 0 Å². The van der Waals surface area contributed by atoms with Crippen molar-refractivity contribution in [2.45, 2.75) is 11.9 Å². The van der Waals surface area contributed by atoms with Gasteiger partial charge in [0.1, 0.15) is 6.10 Å². The molecule has 0 aliphatic carbocycles. The number of ether oxygens (including phenoxy) is 1. The monoisotopic (exact) mass is 384 g/mol. The van der Waals surface area contributed by atoms with Crippen LogP contribution >= 0.6 is 35.0 Å². The van der Waals surface area contributed by atoms with E-state index >= 15 is 0 Å². The maximum Gasteiger partial charge on any atom is 0.338 e. The lowest BCUT2D eigenvalue weighted by atomic mass is 10.0. The minimum Gasteiger partial charge on any atom is -0.465 e. The van der Waals surface area contributed by atoms with Gasteiger partial charge in [0, 0.05) is 11.3 Å². The molecule has 2 rings (SSSR count). The maximum absolute atomic E-state index is 12.3. The Balaban J connectivity index is 2.24. The van der Waals surface area contributed by atoms with E-state index in [9.17, 15) is 14.7 Å². The summed E-state index contributed by atoms with van der Waals surface area (Å²) in [5.74, 6) is -0.314. The molecule has 0 aliphatic heterocycles. The average molecular weight is 385 g/mol. The fourth-order valence-corrected chi connectivity index (χ4v) is 3.26. The Labute approximate surface area is 153 Å². The molecule has 0 saturated carbocycles. The molecule has 0 bridgehead atoms. The highest BCUT2D eigenvalue weighted by Gasteiger charge is 2.28. The molecule has 0 saturated heterocycles. The van der Waals surface area contributed by atoms with Crippen molar-refractivity contribution in [2.75, 3.05) is 7.11 Å². The number of esters is 1. The van der Waals surface area contributed by atoms with E-state index in [1.54, 1.807) is 0 Å². The third kappa shape index (κ3) is 4.30. The Kier molecular flexibility index (Phi) is 6.69. The van der Waals surface area contributed by atoms with Gasteiger partial charge in [-0.3, -0.25) is 4.79 Å². The van der Waals surface area contributed by atoms with Crippen LogP contribution in [0.3, 0.4) is 0 Å². The number of benzene rings is 2. The molecule has 0 spiro atoms. The van der Waals surface area contributed by atoms with E-state index in [2.05, 4.69) is 4.74 Å². The van der Waals surface area contributed by atoms with Crippen LogP contribution < -0.4 is 0 Å². The molecule has 0 unspecified atom stereocenters. The van der Waals surface area contributed by atoms with Crippen LogP contribution in [0.4, 0.5) is 0 Å². The Morgan fingerprint density at radius 3 is 2.46 bits per heavy atom. The lowest BCUT2D eigenvalue weighted by Gasteiger charge is -2.16. The first kappa shape index (κ1) is 18.8. The molecule has 0 amide bonds. The summed E-state index contributed by atoms with van der Waals surface area (Å²) in [7, 11) is 1.20. The van der Waals surface area contributed by atoms with Gasteiger partial charge >= 0.3 is 5.97 Å². The van der Waals surface area contributed by atoms with Crippen LogP contribution in [-0.2, 0) is 15.3 Å². The van der Waals surface area contributed by atoms with Crippen LogP contribution in [0.5, 0.6) is 0 Å². The highest BCUT2D eigenvalue weighted by atomic mass is 35.5. The van der Waals surface area contributed by atoms with E-state index in [-0.39, 0.29) is 21.2 Å². The van der Waals surface area contributed by atoms with E-state index in [0.29, 0.717) is 5.75 Å². The van der Waals surface area contributed by atoms with Crippen LogP contribution in [-0.4, -0.2) is 23.3 Å². The number of aliphatic hydroxyl groups excluding tert-OH is 1. The lowest BCUT2D eigenvalue weighted by molar-refractivity contribution is -0.118. The lowest BCUT2D eigenvalue weighted by Crippen LogP contribution is -2.15. The second-order valence-electron chi connectivity index (χ2n) is 4.81. The number of rotatable bonds is 5. The Bertz CT molecular complexity index is 750. The van der Waals surface area contributed by atoms with Gasteiger partial charge in [-0.05, 0) is 17.7 Å². The zero-order valence-corrected chi connectivity index (χ0v) is 15.0. The highest BCUT2D eigenvalue weighted by molar-refractivity contribution is 8.13. The summed E-state index contributed by atoms with van der Waals surface area (Å²) >= 11 is 13.0. The molecule has 0 radical (unpaired) electrons. The number of carbonyl (C=O) groups excluding carboxylic acids is 2. The second-order valence-corrected chi connectivity index (χ2v) is 6.57. The summed E-state index contributed by atoms with van der Waals surface area (Å²) in [5, 5.41) is 9.94. The minimum absolute atomic E-state index is 0.00746. The van der Waals surface area contributed by atoms with Crippen LogP contribution in [0, 0.1) is 0 Å². The molecule has 126 valence electrons. The minimum atomic E-state index is -1.58. The van der Waals surface area contributed by atoms with Crippen LogP contribution in [0.15, 0.2) is 42.5 Å². The first-order valence-electron chi connectivity index (χ1n) is 6.90. The Morgan fingerprint density at radius 1 is 1.17 bits per heavy atom. The van der Waals surface area contributed by atoms with Crippen molar-refractivity contribution in [1.82, 2.24) is 0 Å². The van der Waals surface area contributed by atoms with Crippen molar-refractivity contribution in [3.8, 4) is 0 Å². The van der Waals surface area contributed by atoms with Crippen molar-refractivity contribution in [2.24, 2.45) is 0 Å². The Morgan fingerprint density at radius 2 is 1.83 bits per heavy atom. The van der Waals surface area contributed by atoms with Gasteiger partial charge in [-0.15, -0.1) is 0 Å². The molecule has 4 nitrogen and oxygen atoms in total. The number of hydrogen-bond donors (Lipinski definition) is 1. The molecular weight excluding hydrogens is 371 g/mol. The Hall–Kier alpha value is -1.53. The fourth-order valence-electron chi connectivity index (χ4n) is 2.05. The molecule has 0 heterocycles. The normalized spacial score (nSPS) is 11.8. The third-order valence-corrected chi connectivity index (χ3v) is 5.06. The van der Waals surface area contributed by atoms with Gasteiger partial charge in [0.2, 0.25) is 5.12 Å². The number of aliphatic hydroxyl groups is 1. The summed E-state index contributed by atoms with van der Waals surface area (Å²) < 4.78 is 4.66. The summed E-state index contributed by atoms with van der Waals surface area (Å²) in [6.45, 7) is 0. The summed E-state index contributed by atoms with van der Waals surface area (Å²) in [6.07, 6.45) is -1.58. The van der Waals surface area contributed by atoms with Crippen molar-refractivity contribution in [1.29, 1.82) is 0 Å². The molecule has 1 N–H and O–H groups in total. The van der Waals surface area contributed by atoms with Gasteiger partial charge in [-0.1, -0.05) is 65.3 Å². The second kappa shape index (κ2) is 8.53. The number of methoxy groups -OCH3 is 1. The molecule has 1 atom stereocenters. The van der Waals surface area contributed by atoms with Crippen molar-refractivity contribution in [3.05, 3.63) is 69.2 Å². The first-order chi connectivity index (χ1) is 11.5. The SMILES string of the molecule is COC(=O)c1ccc(Cl)c(Cl)c1[C@H](O)C(=O)SCc1ccccc1. The van der Waals surface area contributed by atoms with Crippen LogP contribution in [0.25, 0.3) is 0 Å². The van der Waals surface area contributed by atoms with Gasteiger partial charge in [0.05, 0.1) is 22.7 Å². The van der Waals surface area contributed by atoms with E-state index in [1.807, 2.05) is 30.3 Å². The number of carbonyl (C=O) groups is 2. The average Bonchev–Trinajstić information content (AvgIpc) is 2.61. The van der Waals surface area contributed by atoms with E-state index < -0.39 is 17.2 Å². The molecule has 24 heavy (non-hydrogen) atoms. The maximum atomic E-state index is 12.3. The van der Waals surface area contributed by atoms with Crippen molar-refractivity contribution >= 4 is 46.0 Å². The molecule has 7 heteroatoms. The summed E-state index contributed by atoms with van der Waals surface area (Å²) in [4.78, 5) is 24.2. The fraction of sp³-hybridized carbons (Fsp3) is 0.176. The molecule has 0 fully saturated rings. The summed E-state index contributed by atoms with van der Waals surface area (Å²) in [5.41, 5.74) is 0.906. The van der Waals surface area contributed by atoms with E-state index in [1.165, 1.54) is 19.2 Å². The van der Waals surface area contributed by atoms with Crippen LogP contribution in [0.1, 0.15) is 27.6 Å². The van der Waals surface area contributed by atoms with E-state index in [4.69, 9.17) is 23.2 Å². The first-order valence-corrected chi connectivity index (χ1v) is 8.64. The zero-order valence-electron chi connectivity index (χ0n) is 12.7. The van der Waals surface area contributed by atoms with Gasteiger partial charge in [-0.2, -0.15) is 0 Å². The van der Waals surface area contributed by atoms with Gasteiger partial charge in [-0.25, -0.2) is 4.79 Å². The molecular formula is C17H14Cl2O4S. The largest absolute Gasteiger partial charge is 0.465 e. The quantitative estimate of drug-likeness (QED) is 0.779. The van der Waals surface area contributed by atoms with Crippen molar-refractivity contribution in [3.63, 3.8) is 0 Å². The number of halogens is 2.